The van der Waals surface area contributed by atoms with Gasteiger partial charge in [-0.15, -0.1) is 0 Å². The molecule has 2 heterocycles. The summed E-state index contributed by atoms with van der Waals surface area (Å²) in [5.74, 6) is -1.28. The van der Waals surface area contributed by atoms with Crippen molar-refractivity contribution in [2.45, 2.75) is 29.5 Å². The van der Waals surface area contributed by atoms with Crippen LogP contribution < -0.4 is 10.2 Å². The number of Topliss-reactive ketones (excluding diaryl/α,β-unsaturated/α-hetero) is 1. The average molecular weight is 410 g/mol. The van der Waals surface area contributed by atoms with Gasteiger partial charge in [0.25, 0.3) is 0 Å². The number of para-hydroxylation sites is 1. The monoisotopic (exact) mass is 410 g/mol. The highest BCUT2D eigenvalue weighted by Crippen LogP contribution is 2.56. The molecule has 1 N–H and O–H groups in total. The fourth-order valence-electron chi connectivity index (χ4n) is 3.54. The Hall–Kier alpha value is -3.13. The van der Waals surface area contributed by atoms with Gasteiger partial charge in [-0.3, -0.25) is 19.3 Å². The second-order valence-corrected chi connectivity index (χ2v) is 8.16. The Bertz CT molecular complexity index is 1020. The van der Waals surface area contributed by atoms with Crippen LogP contribution >= 0.6 is 11.8 Å². The Morgan fingerprint density at radius 1 is 1.14 bits per heavy atom. The van der Waals surface area contributed by atoms with Crippen LogP contribution in [0.2, 0.25) is 0 Å². The summed E-state index contributed by atoms with van der Waals surface area (Å²) < 4.78 is 5.35. The number of ether oxygens (including phenoxy) is 1. The summed E-state index contributed by atoms with van der Waals surface area (Å²) in [6.07, 6.45) is 0.596. The number of nitrogens with zero attached hydrogens (tertiary/aromatic N) is 1. The number of carbonyl (C=O) groups is 4. The number of ketones is 1. The molecule has 4 rings (SSSR count). The lowest BCUT2D eigenvalue weighted by Crippen LogP contribution is -2.48. The Labute approximate surface area is 171 Å². The van der Waals surface area contributed by atoms with Gasteiger partial charge >= 0.3 is 5.97 Å². The Kier molecular flexibility index (Phi) is 4.87. The molecule has 2 aromatic rings. The van der Waals surface area contributed by atoms with Gasteiger partial charge in [0.2, 0.25) is 11.8 Å². The number of hydrogen-bond donors (Lipinski definition) is 1. The topological polar surface area (TPSA) is 92.8 Å². The van der Waals surface area contributed by atoms with E-state index in [1.165, 1.54) is 23.6 Å². The summed E-state index contributed by atoms with van der Waals surface area (Å²) in [5, 5.41) is 2.62. The minimum absolute atomic E-state index is 0.126. The number of carbonyl (C=O) groups excluding carboxylic acids is 4. The van der Waals surface area contributed by atoms with Gasteiger partial charge in [0, 0.05) is 35.9 Å². The maximum atomic E-state index is 12.9. The second kappa shape index (κ2) is 7.36. The molecule has 8 heteroatoms. The fourth-order valence-corrected chi connectivity index (χ4v) is 4.95. The van der Waals surface area contributed by atoms with Crippen molar-refractivity contribution < 1.29 is 23.9 Å². The van der Waals surface area contributed by atoms with Crippen LogP contribution in [0.4, 0.5) is 11.4 Å². The van der Waals surface area contributed by atoms with Crippen molar-refractivity contribution in [2.24, 2.45) is 0 Å². The molecule has 0 spiro atoms. The minimum Gasteiger partial charge on any atom is -0.455 e. The van der Waals surface area contributed by atoms with Crippen molar-refractivity contribution in [1.82, 2.24) is 0 Å². The molecule has 0 saturated carbocycles. The molecule has 0 radical (unpaired) electrons. The number of nitrogens with one attached hydrogen (secondary N) is 1. The van der Waals surface area contributed by atoms with E-state index in [0.29, 0.717) is 23.4 Å². The van der Waals surface area contributed by atoms with Crippen molar-refractivity contribution in [3.63, 3.8) is 0 Å². The molecular formula is C21H18N2O5S. The zero-order valence-corrected chi connectivity index (χ0v) is 16.5. The summed E-state index contributed by atoms with van der Waals surface area (Å²) in [6, 6.07) is 13.7. The van der Waals surface area contributed by atoms with Crippen molar-refractivity contribution in [3.8, 4) is 0 Å². The molecule has 2 amide bonds. The van der Waals surface area contributed by atoms with Crippen LogP contribution in [0.15, 0.2) is 53.4 Å². The highest BCUT2D eigenvalue weighted by molar-refractivity contribution is 8.02. The van der Waals surface area contributed by atoms with Crippen molar-refractivity contribution >= 4 is 46.7 Å². The lowest BCUT2D eigenvalue weighted by Gasteiger charge is -2.28. The zero-order chi connectivity index (χ0) is 20.6. The average Bonchev–Trinajstić information content (AvgIpc) is 3.22. The SMILES string of the molecule is CC(=O)Nc1ccc(C(=O)COC(=O)C23CCC(=O)N2c2ccccc2S3)cc1. The minimum atomic E-state index is -1.14. The van der Waals surface area contributed by atoms with E-state index in [9.17, 15) is 19.2 Å². The molecule has 1 saturated heterocycles. The predicted octanol–water partition coefficient (Wildman–Crippen LogP) is 3.00. The third-order valence-electron chi connectivity index (χ3n) is 4.85. The van der Waals surface area contributed by atoms with E-state index >= 15 is 0 Å². The van der Waals surface area contributed by atoms with Crippen LogP contribution in [0.5, 0.6) is 0 Å². The number of rotatable bonds is 5. The second-order valence-electron chi connectivity index (χ2n) is 6.84. The molecule has 0 bridgehead atoms. The Morgan fingerprint density at radius 3 is 2.59 bits per heavy atom. The van der Waals surface area contributed by atoms with Crippen LogP contribution in [-0.2, 0) is 19.1 Å². The lowest BCUT2D eigenvalue weighted by molar-refractivity contribution is -0.145. The first-order valence-corrected chi connectivity index (χ1v) is 9.91. The van der Waals surface area contributed by atoms with E-state index in [2.05, 4.69) is 5.32 Å². The molecular weight excluding hydrogens is 392 g/mol. The number of amides is 2. The van der Waals surface area contributed by atoms with Crippen molar-refractivity contribution in [3.05, 3.63) is 54.1 Å². The fraction of sp³-hybridized carbons (Fsp3) is 0.238. The number of benzene rings is 2. The summed E-state index contributed by atoms with van der Waals surface area (Å²) >= 11 is 1.30. The van der Waals surface area contributed by atoms with Gasteiger partial charge in [-0.2, -0.15) is 0 Å². The maximum Gasteiger partial charge on any atom is 0.343 e. The summed E-state index contributed by atoms with van der Waals surface area (Å²) in [6.45, 7) is 0.979. The van der Waals surface area contributed by atoms with E-state index in [1.54, 1.807) is 24.3 Å². The van der Waals surface area contributed by atoms with Crippen molar-refractivity contribution in [1.29, 1.82) is 0 Å². The molecule has 2 aliphatic heterocycles. The summed E-state index contributed by atoms with van der Waals surface area (Å²) in [4.78, 5) is 50.0. The predicted molar refractivity (Wildman–Crippen MR) is 108 cm³/mol. The number of esters is 1. The molecule has 2 aliphatic rings. The number of fused-ring (bicyclic) bond motifs is 3. The van der Waals surface area contributed by atoms with Gasteiger partial charge in [-0.1, -0.05) is 23.9 Å². The Balaban J connectivity index is 1.45. The molecule has 0 aliphatic carbocycles. The van der Waals surface area contributed by atoms with Crippen molar-refractivity contribution in [2.75, 3.05) is 16.8 Å². The van der Waals surface area contributed by atoms with E-state index in [0.717, 1.165) is 4.90 Å². The van der Waals surface area contributed by atoms with Crippen LogP contribution in [-0.4, -0.2) is 35.0 Å². The highest BCUT2D eigenvalue weighted by Gasteiger charge is 2.58. The largest absolute Gasteiger partial charge is 0.455 e. The molecule has 2 aromatic carbocycles. The third kappa shape index (κ3) is 3.40. The first kappa shape index (κ1) is 19.2. The molecule has 29 heavy (non-hydrogen) atoms. The number of thioether (sulfide) groups is 1. The van der Waals surface area contributed by atoms with Crippen LogP contribution in [0.25, 0.3) is 0 Å². The summed E-state index contributed by atoms with van der Waals surface area (Å²) in [5.41, 5.74) is 1.65. The molecule has 148 valence electrons. The van der Waals surface area contributed by atoms with E-state index in [1.807, 2.05) is 24.3 Å². The molecule has 1 atom stereocenters. The standard InChI is InChI=1S/C21H18N2O5S/c1-13(24)22-15-8-6-14(7-9-15)17(25)12-28-20(27)21-11-10-19(26)23(21)16-4-2-3-5-18(16)29-21/h2-9H,10-12H2,1H3,(H,22,24). The quantitative estimate of drug-likeness (QED) is 0.602. The normalized spacial score (nSPS) is 19.5. The molecule has 1 fully saturated rings. The molecule has 0 aromatic heterocycles. The number of anilines is 2. The van der Waals surface area contributed by atoms with Crippen LogP contribution in [0, 0.1) is 0 Å². The first-order valence-electron chi connectivity index (χ1n) is 9.10. The van der Waals surface area contributed by atoms with E-state index in [4.69, 9.17) is 4.74 Å². The van der Waals surface area contributed by atoms with Gasteiger partial charge in [-0.05, 0) is 36.4 Å². The molecule has 1 unspecified atom stereocenters. The van der Waals surface area contributed by atoms with Gasteiger partial charge in [0.1, 0.15) is 0 Å². The third-order valence-corrected chi connectivity index (χ3v) is 6.31. The van der Waals surface area contributed by atoms with Crippen LogP contribution in [0.3, 0.4) is 0 Å². The van der Waals surface area contributed by atoms with Crippen LogP contribution in [0.1, 0.15) is 30.1 Å². The Morgan fingerprint density at radius 2 is 1.86 bits per heavy atom. The van der Waals surface area contributed by atoms with Gasteiger partial charge in [0.05, 0.1) is 5.69 Å². The first-order chi connectivity index (χ1) is 13.9. The van der Waals surface area contributed by atoms with E-state index < -0.39 is 17.4 Å². The lowest BCUT2D eigenvalue weighted by atomic mass is 10.1. The van der Waals surface area contributed by atoms with Gasteiger partial charge in [0.15, 0.2) is 17.3 Å². The number of hydrogen-bond acceptors (Lipinski definition) is 6. The van der Waals surface area contributed by atoms with Gasteiger partial charge in [-0.25, -0.2) is 4.79 Å². The molecule has 7 nitrogen and oxygen atoms in total. The van der Waals surface area contributed by atoms with E-state index in [-0.39, 0.29) is 24.0 Å². The van der Waals surface area contributed by atoms with Gasteiger partial charge < -0.3 is 10.1 Å². The highest BCUT2D eigenvalue weighted by atomic mass is 32.2. The maximum absolute atomic E-state index is 12.9. The summed E-state index contributed by atoms with van der Waals surface area (Å²) in [7, 11) is 0. The zero-order valence-electron chi connectivity index (χ0n) is 15.6. The smallest absolute Gasteiger partial charge is 0.343 e.